The highest BCUT2D eigenvalue weighted by atomic mass is 35.5. The number of halogens is 1. The van der Waals surface area contributed by atoms with Crippen LogP contribution in [0.3, 0.4) is 0 Å². The molecule has 1 fully saturated rings. The number of piperazine rings is 1. The highest BCUT2D eigenvalue weighted by Gasteiger charge is 2.36. The van der Waals surface area contributed by atoms with Crippen molar-refractivity contribution < 1.29 is 14.3 Å². The number of carbonyl (C=O) groups excluding carboxylic acids is 1. The summed E-state index contributed by atoms with van der Waals surface area (Å²) in [6.45, 7) is 11.1. The van der Waals surface area contributed by atoms with Crippen LogP contribution in [0.5, 0.6) is 5.88 Å². The van der Waals surface area contributed by atoms with Gasteiger partial charge in [-0.05, 0) is 46.8 Å². The van der Waals surface area contributed by atoms with Gasteiger partial charge in [-0.2, -0.15) is 0 Å². The minimum atomic E-state index is -0.513. The molecule has 0 unspecified atom stereocenters. The number of methoxy groups -OCH3 is 1. The van der Waals surface area contributed by atoms with Gasteiger partial charge in [0.25, 0.3) is 5.88 Å². The smallest absolute Gasteiger partial charge is 0.410 e. The highest BCUT2D eigenvalue weighted by Crippen LogP contribution is 2.36. The molecule has 2 atom stereocenters. The molecule has 0 radical (unpaired) electrons. The van der Waals surface area contributed by atoms with Crippen molar-refractivity contribution in [3.8, 4) is 5.88 Å². The monoisotopic (exact) mass is 394 g/mol. The maximum absolute atomic E-state index is 12.6. The van der Waals surface area contributed by atoms with Gasteiger partial charge in [0.2, 0.25) is 0 Å². The lowest BCUT2D eigenvalue weighted by atomic mass is 10.1. The Morgan fingerprint density at radius 1 is 1.26 bits per heavy atom. The van der Waals surface area contributed by atoms with E-state index in [-0.39, 0.29) is 18.2 Å². The van der Waals surface area contributed by atoms with Crippen LogP contribution in [0.15, 0.2) is 18.3 Å². The van der Waals surface area contributed by atoms with Gasteiger partial charge in [0.15, 0.2) is 0 Å². The fourth-order valence-corrected chi connectivity index (χ4v) is 3.90. The van der Waals surface area contributed by atoms with Gasteiger partial charge in [0.1, 0.15) is 16.1 Å². The molecular formula is C19H27ClN4O3. The molecule has 3 heterocycles. The summed E-state index contributed by atoms with van der Waals surface area (Å²) in [7, 11) is 1.55. The number of hydrogen-bond acceptors (Lipinski definition) is 5. The first-order valence-electron chi connectivity index (χ1n) is 9.09. The molecule has 2 aromatic rings. The predicted octanol–water partition coefficient (Wildman–Crippen LogP) is 3.83. The summed E-state index contributed by atoms with van der Waals surface area (Å²) in [6.07, 6.45) is 1.57. The number of nitrogens with zero attached hydrogens (tertiary/aromatic N) is 4. The van der Waals surface area contributed by atoms with Crippen molar-refractivity contribution in [2.45, 2.75) is 52.3 Å². The molecule has 27 heavy (non-hydrogen) atoms. The minimum absolute atomic E-state index is 0.00699. The van der Waals surface area contributed by atoms with Gasteiger partial charge in [-0.3, -0.25) is 4.90 Å². The summed E-state index contributed by atoms with van der Waals surface area (Å²) in [5.41, 5.74) is 1.27. The summed E-state index contributed by atoms with van der Waals surface area (Å²) >= 11 is 6.49. The molecule has 1 saturated heterocycles. The third kappa shape index (κ3) is 3.78. The van der Waals surface area contributed by atoms with Crippen LogP contribution in [0.4, 0.5) is 10.5 Å². The van der Waals surface area contributed by atoms with Gasteiger partial charge in [-0.15, -0.1) is 5.10 Å². The van der Waals surface area contributed by atoms with Crippen molar-refractivity contribution in [2.24, 2.45) is 0 Å². The zero-order valence-corrected chi connectivity index (χ0v) is 17.4. The molecule has 1 aliphatic heterocycles. The maximum Gasteiger partial charge on any atom is 0.410 e. The molecule has 0 bridgehead atoms. The molecule has 7 nitrogen and oxygen atoms in total. The molecule has 148 valence electrons. The number of fused-ring (bicyclic) bond motifs is 1. The molecule has 2 aromatic heterocycles. The van der Waals surface area contributed by atoms with Crippen LogP contribution >= 0.6 is 11.6 Å². The Bertz CT molecular complexity index is 833. The first kappa shape index (κ1) is 19.6. The van der Waals surface area contributed by atoms with E-state index in [0.717, 1.165) is 11.2 Å². The molecule has 3 rings (SSSR count). The van der Waals surface area contributed by atoms with Crippen LogP contribution in [0, 0.1) is 0 Å². The van der Waals surface area contributed by atoms with Gasteiger partial charge in [0.05, 0.1) is 24.9 Å². The minimum Gasteiger partial charge on any atom is -0.479 e. The van der Waals surface area contributed by atoms with Gasteiger partial charge < -0.3 is 14.4 Å². The number of carbonyl (C=O) groups is 1. The van der Waals surface area contributed by atoms with E-state index >= 15 is 0 Å². The van der Waals surface area contributed by atoms with Gasteiger partial charge >= 0.3 is 6.09 Å². The summed E-state index contributed by atoms with van der Waals surface area (Å²) in [5, 5.41) is 4.85. The molecular weight excluding hydrogens is 368 g/mol. The Morgan fingerprint density at radius 3 is 2.44 bits per heavy atom. The predicted molar refractivity (Wildman–Crippen MR) is 106 cm³/mol. The summed E-state index contributed by atoms with van der Waals surface area (Å²) in [6, 6.07) is 3.94. The Labute approximate surface area is 164 Å². The van der Waals surface area contributed by atoms with E-state index in [4.69, 9.17) is 21.1 Å². The van der Waals surface area contributed by atoms with Crippen LogP contribution in [-0.4, -0.2) is 58.5 Å². The van der Waals surface area contributed by atoms with Crippen molar-refractivity contribution in [3.05, 3.63) is 23.4 Å². The van der Waals surface area contributed by atoms with Crippen molar-refractivity contribution >= 4 is 28.9 Å². The second kappa shape index (κ2) is 7.11. The quantitative estimate of drug-likeness (QED) is 0.774. The standard InChI is InChI=1S/C19H27ClN4O3/c1-12-10-22(11-13(2)24(12)18(25)27-19(3,4)5)14-8-7-9-23-16(14)15(20)17(21-23)26-6/h7-9,12-13H,10-11H2,1-6H3/t12-,13-/m0/s1. The van der Waals surface area contributed by atoms with Crippen molar-refractivity contribution in [3.63, 3.8) is 0 Å². The zero-order valence-electron chi connectivity index (χ0n) is 16.7. The van der Waals surface area contributed by atoms with Crippen LogP contribution < -0.4 is 9.64 Å². The largest absolute Gasteiger partial charge is 0.479 e. The Hall–Kier alpha value is -2.15. The third-order valence-electron chi connectivity index (χ3n) is 4.60. The molecule has 1 aliphatic rings. The molecule has 0 aliphatic carbocycles. The average molecular weight is 395 g/mol. The molecule has 8 heteroatoms. The van der Waals surface area contributed by atoms with E-state index in [1.165, 1.54) is 0 Å². The van der Waals surface area contributed by atoms with E-state index < -0.39 is 5.60 Å². The fraction of sp³-hybridized carbons (Fsp3) is 0.579. The maximum atomic E-state index is 12.6. The summed E-state index contributed by atoms with van der Waals surface area (Å²) in [4.78, 5) is 16.7. The number of anilines is 1. The molecule has 0 N–H and O–H groups in total. The number of ether oxygens (including phenoxy) is 2. The number of aromatic nitrogens is 2. The van der Waals surface area contributed by atoms with E-state index in [2.05, 4.69) is 10.00 Å². The van der Waals surface area contributed by atoms with E-state index in [9.17, 15) is 4.79 Å². The number of rotatable bonds is 2. The topological polar surface area (TPSA) is 59.3 Å². The van der Waals surface area contributed by atoms with Crippen LogP contribution in [0.2, 0.25) is 5.02 Å². The van der Waals surface area contributed by atoms with E-state index in [1.807, 2.05) is 57.8 Å². The highest BCUT2D eigenvalue weighted by molar-refractivity contribution is 6.36. The van der Waals surface area contributed by atoms with Crippen molar-refractivity contribution in [1.29, 1.82) is 0 Å². The van der Waals surface area contributed by atoms with Crippen molar-refractivity contribution in [1.82, 2.24) is 14.5 Å². The second-order valence-corrected chi connectivity index (χ2v) is 8.38. The summed E-state index contributed by atoms with van der Waals surface area (Å²) in [5.74, 6) is 0.401. The SMILES string of the molecule is COc1nn2cccc(N3C[C@H](C)N(C(=O)OC(C)(C)C)[C@@H](C)C3)c2c1Cl. The first-order chi connectivity index (χ1) is 12.6. The van der Waals surface area contributed by atoms with Crippen molar-refractivity contribution in [2.75, 3.05) is 25.1 Å². The second-order valence-electron chi connectivity index (χ2n) is 8.00. The lowest BCUT2D eigenvalue weighted by molar-refractivity contribution is 0.00568. The summed E-state index contributed by atoms with van der Waals surface area (Å²) < 4.78 is 12.6. The molecule has 1 amide bonds. The fourth-order valence-electron chi connectivity index (χ4n) is 3.61. The third-order valence-corrected chi connectivity index (χ3v) is 4.95. The van der Waals surface area contributed by atoms with Crippen LogP contribution in [-0.2, 0) is 4.74 Å². The molecule has 0 spiro atoms. The van der Waals surface area contributed by atoms with Crippen LogP contribution in [0.1, 0.15) is 34.6 Å². The lowest BCUT2D eigenvalue weighted by Crippen LogP contribution is -2.59. The van der Waals surface area contributed by atoms with Gasteiger partial charge in [-0.25, -0.2) is 9.31 Å². The Balaban J connectivity index is 1.88. The van der Waals surface area contributed by atoms with E-state index in [0.29, 0.717) is 24.0 Å². The Morgan fingerprint density at radius 2 is 1.89 bits per heavy atom. The van der Waals surface area contributed by atoms with Gasteiger partial charge in [-0.1, -0.05) is 11.6 Å². The number of amides is 1. The first-order valence-corrected chi connectivity index (χ1v) is 9.47. The number of hydrogen-bond donors (Lipinski definition) is 0. The Kier molecular flexibility index (Phi) is 5.16. The zero-order chi connectivity index (χ0) is 19.9. The normalized spacial score (nSPS) is 20.9. The van der Waals surface area contributed by atoms with E-state index in [1.54, 1.807) is 11.6 Å². The van der Waals surface area contributed by atoms with Crippen LogP contribution in [0.25, 0.3) is 5.52 Å². The van der Waals surface area contributed by atoms with Gasteiger partial charge in [0, 0.05) is 19.3 Å². The lowest BCUT2D eigenvalue weighted by Gasteiger charge is -2.45. The molecule has 0 aromatic carbocycles. The number of pyridine rings is 1. The molecule has 0 saturated carbocycles. The average Bonchev–Trinajstić information content (AvgIpc) is 2.88.